The number of carbonyl (C=O) groups excluding carboxylic acids is 1. The average molecular weight is 385 g/mol. The third kappa shape index (κ3) is 4.58. The Bertz CT molecular complexity index is 828. The van der Waals surface area contributed by atoms with E-state index in [1.165, 1.54) is 5.56 Å². The minimum atomic E-state index is -0.838. The molecule has 3 rings (SSSR count). The van der Waals surface area contributed by atoms with Gasteiger partial charge in [0, 0.05) is 31.0 Å². The summed E-state index contributed by atoms with van der Waals surface area (Å²) in [4.78, 5) is 29.9. The van der Waals surface area contributed by atoms with E-state index in [0.717, 1.165) is 5.56 Å². The lowest BCUT2D eigenvalue weighted by Gasteiger charge is -2.36. The number of aliphatic carboxylic acids is 1. The Hall–Kier alpha value is -2.70. The van der Waals surface area contributed by atoms with Crippen molar-refractivity contribution in [3.63, 3.8) is 0 Å². The first-order chi connectivity index (χ1) is 13.3. The van der Waals surface area contributed by atoms with Crippen molar-refractivity contribution in [2.45, 2.75) is 58.4 Å². The van der Waals surface area contributed by atoms with Crippen LogP contribution in [0.5, 0.6) is 0 Å². The minimum absolute atomic E-state index is 0.0563. The zero-order valence-electron chi connectivity index (χ0n) is 16.6. The fourth-order valence-electron chi connectivity index (χ4n) is 3.50. The highest BCUT2D eigenvalue weighted by molar-refractivity contribution is 5.78. The van der Waals surface area contributed by atoms with Crippen molar-refractivity contribution in [1.29, 1.82) is 0 Å². The zero-order chi connectivity index (χ0) is 20.3. The third-order valence-electron chi connectivity index (χ3n) is 5.41. The molecule has 1 fully saturated rings. The van der Waals surface area contributed by atoms with Crippen LogP contribution < -0.4 is 0 Å². The number of benzene rings is 1. The molecule has 2 aromatic rings. The summed E-state index contributed by atoms with van der Waals surface area (Å²) in [6.07, 6.45) is 1.89. The molecule has 7 nitrogen and oxygen atoms in total. The van der Waals surface area contributed by atoms with Gasteiger partial charge in [0.2, 0.25) is 17.6 Å². The van der Waals surface area contributed by atoms with Crippen LogP contribution >= 0.6 is 0 Å². The first kappa shape index (κ1) is 20.0. The molecule has 1 saturated heterocycles. The van der Waals surface area contributed by atoms with E-state index >= 15 is 0 Å². The highest BCUT2D eigenvalue weighted by Crippen LogP contribution is 2.24. The van der Waals surface area contributed by atoms with E-state index in [2.05, 4.69) is 36.1 Å². The van der Waals surface area contributed by atoms with E-state index in [4.69, 9.17) is 4.52 Å². The second-order valence-corrected chi connectivity index (χ2v) is 7.80. The largest absolute Gasteiger partial charge is 0.481 e. The molecule has 1 aliphatic heterocycles. The maximum Gasteiger partial charge on any atom is 0.308 e. The summed E-state index contributed by atoms with van der Waals surface area (Å²) in [5, 5.41) is 13.2. The Balaban J connectivity index is 1.59. The van der Waals surface area contributed by atoms with Gasteiger partial charge in [0.25, 0.3) is 0 Å². The van der Waals surface area contributed by atoms with Gasteiger partial charge in [-0.15, -0.1) is 0 Å². The normalized spacial score (nSPS) is 19.8. The number of piperidine rings is 1. The van der Waals surface area contributed by atoms with Crippen LogP contribution in [0.15, 0.2) is 28.8 Å². The zero-order valence-corrected chi connectivity index (χ0v) is 16.6. The molecule has 28 heavy (non-hydrogen) atoms. The molecule has 0 aliphatic carbocycles. The molecule has 2 heterocycles. The molecular formula is C21H27N3O4. The van der Waals surface area contributed by atoms with Crippen molar-refractivity contribution in [3.05, 3.63) is 35.7 Å². The molecule has 0 spiro atoms. The Morgan fingerprint density at radius 3 is 2.61 bits per heavy atom. The van der Waals surface area contributed by atoms with Crippen LogP contribution in [0.2, 0.25) is 0 Å². The van der Waals surface area contributed by atoms with Gasteiger partial charge in [0.1, 0.15) is 0 Å². The summed E-state index contributed by atoms with van der Waals surface area (Å²) in [6.45, 7) is 6.51. The van der Waals surface area contributed by atoms with Crippen molar-refractivity contribution in [1.82, 2.24) is 15.0 Å². The Morgan fingerprint density at radius 2 is 1.96 bits per heavy atom. The summed E-state index contributed by atoms with van der Waals surface area (Å²) < 4.78 is 5.29. The number of hydrogen-bond acceptors (Lipinski definition) is 5. The number of aryl methyl sites for hydroxylation is 1. The monoisotopic (exact) mass is 385 g/mol. The molecule has 2 unspecified atom stereocenters. The molecule has 150 valence electrons. The van der Waals surface area contributed by atoms with Crippen LogP contribution in [0.3, 0.4) is 0 Å². The highest BCUT2D eigenvalue weighted by atomic mass is 16.5. The molecule has 1 aromatic carbocycles. The predicted molar refractivity (Wildman–Crippen MR) is 104 cm³/mol. The van der Waals surface area contributed by atoms with Crippen LogP contribution in [0, 0.1) is 5.92 Å². The summed E-state index contributed by atoms with van der Waals surface area (Å²) in [5.41, 5.74) is 2.12. The molecule has 1 aromatic heterocycles. The maximum atomic E-state index is 12.6. The van der Waals surface area contributed by atoms with Crippen molar-refractivity contribution in [2.24, 2.45) is 5.92 Å². The first-order valence-electron chi connectivity index (χ1n) is 9.80. The van der Waals surface area contributed by atoms with Gasteiger partial charge in [-0.1, -0.05) is 43.3 Å². The number of hydrogen-bond donors (Lipinski definition) is 1. The summed E-state index contributed by atoms with van der Waals surface area (Å²) in [6, 6.07) is 8.10. The molecule has 0 radical (unpaired) electrons. The number of rotatable bonds is 6. The Morgan fingerprint density at radius 1 is 1.25 bits per heavy atom. The number of aromatic nitrogens is 2. The number of amides is 1. The van der Waals surface area contributed by atoms with E-state index < -0.39 is 11.9 Å². The number of likely N-dealkylation sites (tertiary alicyclic amines) is 1. The van der Waals surface area contributed by atoms with Gasteiger partial charge in [0.05, 0.1) is 5.92 Å². The number of nitrogens with zero attached hydrogens (tertiary/aromatic N) is 3. The fourth-order valence-corrected chi connectivity index (χ4v) is 3.50. The van der Waals surface area contributed by atoms with Gasteiger partial charge >= 0.3 is 5.97 Å². The average Bonchev–Trinajstić information content (AvgIpc) is 3.15. The quantitative estimate of drug-likeness (QED) is 0.817. The fraction of sp³-hybridized carbons (Fsp3) is 0.524. The van der Waals surface area contributed by atoms with Crippen LogP contribution in [0.25, 0.3) is 11.4 Å². The van der Waals surface area contributed by atoms with E-state index in [1.807, 2.05) is 19.1 Å². The molecule has 0 bridgehead atoms. The van der Waals surface area contributed by atoms with E-state index in [-0.39, 0.29) is 24.9 Å². The van der Waals surface area contributed by atoms with Crippen molar-refractivity contribution >= 4 is 11.9 Å². The summed E-state index contributed by atoms with van der Waals surface area (Å²) in [7, 11) is 0. The van der Waals surface area contributed by atoms with Gasteiger partial charge < -0.3 is 14.5 Å². The standard InChI is InChI=1S/C21H27N3O4/c1-13(2)15-6-8-16(9-7-15)20-22-18(28-23-20)10-11-19(25)24-12-17(21(26)27)5-4-14(24)3/h6-9,13-14,17H,4-5,10-12H2,1-3H3,(H,26,27). The van der Waals surface area contributed by atoms with E-state index in [1.54, 1.807) is 4.90 Å². The maximum absolute atomic E-state index is 12.6. The Labute approximate surface area is 164 Å². The molecule has 1 N–H and O–H groups in total. The van der Waals surface area contributed by atoms with Gasteiger partial charge in [-0.05, 0) is 31.2 Å². The third-order valence-corrected chi connectivity index (χ3v) is 5.41. The smallest absolute Gasteiger partial charge is 0.308 e. The summed E-state index contributed by atoms with van der Waals surface area (Å²) in [5.74, 6) is -0.0113. The second kappa shape index (κ2) is 8.54. The van der Waals surface area contributed by atoms with Crippen LogP contribution in [-0.4, -0.2) is 44.6 Å². The van der Waals surface area contributed by atoms with E-state index in [0.29, 0.717) is 36.9 Å². The second-order valence-electron chi connectivity index (χ2n) is 7.80. The van der Waals surface area contributed by atoms with E-state index in [9.17, 15) is 14.7 Å². The van der Waals surface area contributed by atoms with Crippen LogP contribution in [0.1, 0.15) is 57.4 Å². The molecular weight excluding hydrogens is 358 g/mol. The van der Waals surface area contributed by atoms with Gasteiger partial charge in [-0.25, -0.2) is 0 Å². The SMILES string of the molecule is CC(C)c1ccc(-c2noc(CCC(=O)N3CC(C(=O)O)CCC3C)n2)cc1. The van der Waals surface area contributed by atoms with Crippen molar-refractivity contribution < 1.29 is 19.2 Å². The summed E-state index contributed by atoms with van der Waals surface area (Å²) >= 11 is 0. The molecule has 1 amide bonds. The van der Waals surface area contributed by atoms with Gasteiger partial charge in [-0.3, -0.25) is 9.59 Å². The number of carboxylic acid groups (broad SMARTS) is 1. The lowest BCUT2D eigenvalue weighted by atomic mass is 9.93. The topological polar surface area (TPSA) is 96.5 Å². The number of carbonyl (C=O) groups is 2. The first-order valence-corrected chi connectivity index (χ1v) is 9.80. The lowest BCUT2D eigenvalue weighted by molar-refractivity contribution is -0.147. The van der Waals surface area contributed by atoms with Crippen molar-refractivity contribution in [2.75, 3.05) is 6.54 Å². The predicted octanol–water partition coefficient (Wildman–Crippen LogP) is 3.50. The Kier molecular flexibility index (Phi) is 6.11. The van der Waals surface area contributed by atoms with Crippen LogP contribution in [0.4, 0.5) is 0 Å². The van der Waals surface area contributed by atoms with Gasteiger partial charge in [-0.2, -0.15) is 4.98 Å². The molecule has 7 heteroatoms. The molecule has 2 atom stereocenters. The lowest BCUT2D eigenvalue weighted by Crippen LogP contribution is -2.47. The van der Waals surface area contributed by atoms with Crippen LogP contribution in [-0.2, 0) is 16.0 Å². The molecule has 0 saturated carbocycles. The highest BCUT2D eigenvalue weighted by Gasteiger charge is 2.32. The van der Waals surface area contributed by atoms with Gasteiger partial charge in [0.15, 0.2) is 0 Å². The van der Waals surface area contributed by atoms with Crippen molar-refractivity contribution in [3.8, 4) is 11.4 Å². The molecule has 1 aliphatic rings. The number of carboxylic acids is 1. The minimum Gasteiger partial charge on any atom is -0.481 e.